The fourth-order valence-electron chi connectivity index (χ4n) is 2.47. The zero-order chi connectivity index (χ0) is 14.5. The van der Waals surface area contributed by atoms with Gasteiger partial charge in [0.05, 0.1) is 0 Å². The van der Waals surface area contributed by atoms with Crippen molar-refractivity contribution in [1.29, 1.82) is 0 Å². The monoisotopic (exact) mass is 313 g/mol. The van der Waals surface area contributed by atoms with E-state index in [9.17, 15) is 4.79 Å². The van der Waals surface area contributed by atoms with E-state index in [0.717, 1.165) is 26.2 Å². The van der Waals surface area contributed by atoms with E-state index in [1.54, 1.807) is 7.11 Å². The minimum absolute atomic E-state index is 0. The molecule has 6 heteroatoms. The number of anilines is 1. The molecule has 118 valence electrons. The molecule has 0 atom stereocenters. The molecule has 1 saturated heterocycles. The molecule has 1 aromatic rings. The molecule has 0 radical (unpaired) electrons. The minimum Gasteiger partial charge on any atom is -0.368 e. The zero-order valence-corrected chi connectivity index (χ0v) is 13.7. The number of ether oxygens (including phenoxy) is 1. The summed E-state index contributed by atoms with van der Waals surface area (Å²) in [7, 11) is 1.57. The number of carbonyl (C=O) groups is 1. The van der Waals surface area contributed by atoms with Gasteiger partial charge >= 0.3 is 6.03 Å². The number of aryl methyl sites for hydroxylation is 1. The molecule has 1 fully saturated rings. The number of hydrogen-bond donors (Lipinski definition) is 1. The first-order valence-corrected chi connectivity index (χ1v) is 6.96. The second kappa shape index (κ2) is 8.10. The van der Waals surface area contributed by atoms with Gasteiger partial charge in [-0.15, -0.1) is 12.4 Å². The van der Waals surface area contributed by atoms with E-state index in [1.165, 1.54) is 16.8 Å². The van der Waals surface area contributed by atoms with Crippen LogP contribution in [0.4, 0.5) is 10.5 Å². The van der Waals surface area contributed by atoms with Gasteiger partial charge in [-0.3, -0.25) is 0 Å². The Kier molecular flexibility index (Phi) is 6.78. The quantitative estimate of drug-likeness (QED) is 0.870. The maximum absolute atomic E-state index is 11.8. The summed E-state index contributed by atoms with van der Waals surface area (Å²) in [5, 5.41) is 2.72. The fourth-order valence-corrected chi connectivity index (χ4v) is 2.47. The highest BCUT2D eigenvalue weighted by atomic mass is 35.5. The van der Waals surface area contributed by atoms with Crippen LogP contribution in [0.5, 0.6) is 0 Å². The van der Waals surface area contributed by atoms with Gasteiger partial charge in [0.25, 0.3) is 0 Å². The van der Waals surface area contributed by atoms with Gasteiger partial charge in [-0.05, 0) is 31.0 Å². The predicted molar refractivity (Wildman–Crippen MR) is 87.4 cm³/mol. The van der Waals surface area contributed by atoms with E-state index >= 15 is 0 Å². The molecule has 0 aromatic heterocycles. The van der Waals surface area contributed by atoms with Crippen LogP contribution in [0, 0.1) is 13.8 Å². The highest BCUT2D eigenvalue weighted by molar-refractivity contribution is 5.85. The predicted octanol–water partition coefficient (Wildman–Crippen LogP) is 2.16. The summed E-state index contributed by atoms with van der Waals surface area (Å²) >= 11 is 0. The first-order valence-electron chi connectivity index (χ1n) is 6.96. The van der Waals surface area contributed by atoms with Gasteiger partial charge < -0.3 is 19.9 Å². The molecule has 2 amide bonds. The largest absolute Gasteiger partial charge is 0.368 e. The van der Waals surface area contributed by atoms with Crippen LogP contribution in [0.1, 0.15) is 11.1 Å². The second-order valence-corrected chi connectivity index (χ2v) is 5.11. The third kappa shape index (κ3) is 4.25. The lowest BCUT2D eigenvalue weighted by molar-refractivity contribution is 0.152. The Bertz CT molecular complexity index is 474. The third-order valence-electron chi connectivity index (χ3n) is 3.85. The smallest absolute Gasteiger partial charge is 0.319 e. The number of benzene rings is 1. The van der Waals surface area contributed by atoms with Gasteiger partial charge in [0, 0.05) is 39.0 Å². The van der Waals surface area contributed by atoms with Crippen molar-refractivity contribution < 1.29 is 9.53 Å². The zero-order valence-electron chi connectivity index (χ0n) is 12.9. The van der Waals surface area contributed by atoms with Crippen LogP contribution in [0.2, 0.25) is 0 Å². The number of rotatable bonds is 3. The van der Waals surface area contributed by atoms with Crippen LogP contribution in [0.3, 0.4) is 0 Å². The lowest BCUT2D eigenvalue weighted by atomic mass is 10.1. The Hall–Kier alpha value is -1.46. The Balaban J connectivity index is 0.00000220. The van der Waals surface area contributed by atoms with Gasteiger partial charge in [0.1, 0.15) is 6.73 Å². The summed E-state index contributed by atoms with van der Waals surface area (Å²) in [6, 6.07) is 6.33. The number of piperazine rings is 1. The van der Waals surface area contributed by atoms with Crippen molar-refractivity contribution in [3.8, 4) is 0 Å². The molecule has 5 nitrogen and oxygen atoms in total. The average Bonchev–Trinajstić information content (AvgIpc) is 2.48. The van der Waals surface area contributed by atoms with Gasteiger partial charge in [-0.2, -0.15) is 0 Å². The summed E-state index contributed by atoms with van der Waals surface area (Å²) in [6.07, 6.45) is 0. The van der Waals surface area contributed by atoms with Crippen molar-refractivity contribution in [3.05, 3.63) is 29.3 Å². The SMILES string of the molecule is COCNC(=O)N1CCN(c2cccc(C)c2C)CC1.Cl. The summed E-state index contributed by atoms with van der Waals surface area (Å²) in [4.78, 5) is 16.0. The van der Waals surface area contributed by atoms with Crippen LogP contribution in [0.15, 0.2) is 18.2 Å². The molecular weight excluding hydrogens is 290 g/mol. The Labute approximate surface area is 132 Å². The first kappa shape index (κ1) is 17.6. The second-order valence-electron chi connectivity index (χ2n) is 5.11. The number of methoxy groups -OCH3 is 1. The van der Waals surface area contributed by atoms with Gasteiger partial charge in [-0.25, -0.2) is 4.79 Å². The lowest BCUT2D eigenvalue weighted by Gasteiger charge is -2.37. The average molecular weight is 314 g/mol. The number of carbonyl (C=O) groups excluding carboxylic acids is 1. The molecule has 1 heterocycles. The summed E-state index contributed by atoms with van der Waals surface area (Å²) in [5.74, 6) is 0. The van der Waals surface area contributed by atoms with Crippen LogP contribution in [0.25, 0.3) is 0 Å². The highest BCUT2D eigenvalue weighted by Gasteiger charge is 2.21. The summed E-state index contributed by atoms with van der Waals surface area (Å²) in [5.41, 5.74) is 3.91. The maximum atomic E-state index is 11.8. The van der Waals surface area contributed by atoms with E-state index in [2.05, 4.69) is 42.3 Å². The Morgan fingerprint density at radius 1 is 1.24 bits per heavy atom. The fraction of sp³-hybridized carbons (Fsp3) is 0.533. The Morgan fingerprint density at radius 2 is 1.90 bits per heavy atom. The number of hydrogen-bond acceptors (Lipinski definition) is 3. The van der Waals surface area contributed by atoms with Gasteiger partial charge in [-0.1, -0.05) is 12.1 Å². The van der Waals surface area contributed by atoms with Crippen LogP contribution in [-0.4, -0.2) is 51.0 Å². The molecule has 1 N–H and O–H groups in total. The molecule has 0 aliphatic carbocycles. The molecule has 21 heavy (non-hydrogen) atoms. The number of amides is 2. The van der Waals surface area contributed by atoms with Crippen LogP contribution >= 0.6 is 12.4 Å². The van der Waals surface area contributed by atoms with E-state index in [1.807, 2.05) is 4.90 Å². The van der Waals surface area contributed by atoms with Crippen molar-refractivity contribution >= 4 is 24.1 Å². The molecule has 1 aromatic carbocycles. The first-order chi connectivity index (χ1) is 9.63. The van der Waals surface area contributed by atoms with E-state index in [-0.39, 0.29) is 25.2 Å². The van der Waals surface area contributed by atoms with Crippen LogP contribution < -0.4 is 10.2 Å². The summed E-state index contributed by atoms with van der Waals surface area (Å²) < 4.78 is 4.85. The molecule has 0 unspecified atom stereocenters. The molecule has 0 bridgehead atoms. The van der Waals surface area contributed by atoms with Crippen molar-refractivity contribution in [2.75, 3.05) is 44.9 Å². The number of urea groups is 1. The molecule has 1 aliphatic rings. The van der Waals surface area contributed by atoms with Gasteiger partial charge in [0.2, 0.25) is 0 Å². The van der Waals surface area contributed by atoms with Gasteiger partial charge in [0.15, 0.2) is 0 Å². The Morgan fingerprint density at radius 3 is 2.52 bits per heavy atom. The van der Waals surface area contributed by atoms with E-state index in [4.69, 9.17) is 4.74 Å². The number of nitrogens with one attached hydrogen (secondary N) is 1. The molecule has 0 spiro atoms. The van der Waals surface area contributed by atoms with Crippen LogP contribution in [-0.2, 0) is 4.74 Å². The van der Waals surface area contributed by atoms with Crippen molar-refractivity contribution in [1.82, 2.24) is 10.2 Å². The maximum Gasteiger partial charge on any atom is 0.319 e. The molecule has 1 aliphatic heterocycles. The number of halogens is 1. The van der Waals surface area contributed by atoms with Crippen molar-refractivity contribution in [2.45, 2.75) is 13.8 Å². The van der Waals surface area contributed by atoms with Crippen molar-refractivity contribution in [2.24, 2.45) is 0 Å². The summed E-state index contributed by atoms with van der Waals surface area (Å²) in [6.45, 7) is 7.76. The molecule has 2 rings (SSSR count). The molecule has 0 saturated carbocycles. The highest BCUT2D eigenvalue weighted by Crippen LogP contribution is 2.23. The number of nitrogens with zero attached hydrogens (tertiary/aromatic N) is 2. The minimum atomic E-state index is -0.0486. The van der Waals surface area contributed by atoms with E-state index < -0.39 is 0 Å². The standard InChI is InChI=1S/C15H23N3O2.ClH/c1-12-5-4-6-14(13(12)2)17-7-9-18(10-8-17)15(19)16-11-20-3;/h4-6H,7-11H2,1-3H3,(H,16,19);1H. The third-order valence-corrected chi connectivity index (χ3v) is 3.85. The van der Waals surface area contributed by atoms with Crippen molar-refractivity contribution in [3.63, 3.8) is 0 Å². The topological polar surface area (TPSA) is 44.8 Å². The normalized spacial score (nSPS) is 14.6. The molecular formula is C15H24ClN3O2. The van der Waals surface area contributed by atoms with E-state index in [0.29, 0.717) is 0 Å². The lowest BCUT2D eigenvalue weighted by Crippen LogP contribution is -2.52.